The Morgan fingerprint density at radius 3 is 2.60 bits per heavy atom. The molecule has 0 fully saturated rings. The first-order valence-electron chi connectivity index (χ1n) is 14.6. The summed E-state index contributed by atoms with van der Waals surface area (Å²) in [5, 5.41) is 11.5. The predicted molar refractivity (Wildman–Crippen MR) is 162 cm³/mol. The fourth-order valence-electron chi connectivity index (χ4n) is 5.59. The second-order valence-corrected chi connectivity index (χ2v) is 11.0. The number of nitrogens with two attached hydrogens (primary N) is 1. The van der Waals surface area contributed by atoms with Gasteiger partial charge in [0.1, 0.15) is 36.1 Å². The van der Waals surface area contributed by atoms with Crippen molar-refractivity contribution in [1.29, 1.82) is 0 Å². The molecular formula is C33H39FN4O4. The van der Waals surface area contributed by atoms with Crippen LogP contribution in [0.1, 0.15) is 49.0 Å². The third-order valence-corrected chi connectivity index (χ3v) is 7.71. The number of nitrogens with zero attached hydrogens (tertiary/aromatic N) is 2. The lowest BCUT2D eigenvalue weighted by molar-refractivity contribution is 0.0759. The number of fused-ring (bicyclic) bond motifs is 3. The second kappa shape index (κ2) is 13.3. The SMILES string of the molecule is CCCCCN(C)CC(O)COc1ccc(C2c3[nH]c4ccc(N)cc4c3CCN2C(=O)Oc2ccc(F)cc2)cc1. The van der Waals surface area contributed by atoms with Crippen molar-refractivity contribution >= 4 is 22.7 Å². The summed E-state index contributed by atoms with van der Waals surface area (Å²) in [6, 6.07) is 18.3. The maximum Gasteiger partial charge on any atom is 0.416 e. The Morgan fingerprint density at radius 2 is 1.86 bits per heavy atom. The maximum atomic E-state index is 13.5. The van der Waals surface area contributed by atoms with Crippen LogP contribution in [-0.4, -0.2) is 65.4 Å². The number of carbonyl (C=O) groups excluding carboxylic acids is 1. The quantitative estimate of drug-likeness (QED) is 0.152. The van der Waals surface area contributed by atoms with Crippen LogP contribution in [0.25, 0.3) is 10.9 Å². The molecule has 5 rings (SSSR count). The smallest absolute Gasteiger partial charge is 0.416 e. The molecule has 2 atom stereocenters. The van der Waals surface area contributed by atoms with Gasteiger partial charge in [0.2, 0.25) is 0 Å². The number of carbonyl (C=O) groups is 1. The number of rotatable bonds is 11. The summed E-state index contributed by atoms with van der Waals surface area (Å²) in [6.07, 6.45) is 2.96. The predicted octanol–water partition coefficient (Wildman–Crippen LogP) is 5.90. The van der Waals surface area contributed by atoms with E-state index in [0.717, 1.165) is 40.7 Å². The first kappa shape index (κ1) is 29.4. The van der Waals surface area contributed by atoms with E-state index < -0.39 is 24.1 Å². The molecule has 4 N–H and O–H groups in total. The maximum absolute atomic E-state index is 13.5. The van der Waals surface area contributed by atoms with Crippen LogP contribution in [0.4, 0.5) is 14.9 Å². The van der Waals surface area contributed by atoms with Crippen molar-refractivity contribution in [2.24, 2.45) is 0 Å². The number of ether oxygens (including phenoxy) is 2. The zero-order valence-electron chi connectivity index (χ0n) is 24.2. The van der Waals surface area contributed by atoms with Crippen LogP contribution in [0.3, 0.4) is 0 Å². The highest BCUT2D eigenvalue weighted by Gasteiger charge is 2.35. The number of nitrogens with one attached hydrogen (secondary N) is 1. The van der Waals surface area contributed by atoms with E-state index >= 15 is 0 Å². The molecule has 1 amide bonds. The molecule has 2 heterocycles. The molecule has 222 valence electrons. The number of hydrogen-bond donors (Lipinski definition) is 3. The Morgan fingerprint density at radius 1 is 1.12 bits per heavy atom. The summed E-state index contributed by atoms with van der Waals surface area (Å²) in [5.74, 6) is 0.502. The van der Waals surface area contributed by atoms with Crippen molar-refractivity contribution in [3.05, 3.63) is 89.4 Å². The molecule has 0 radical (unpaired) electrons. The topological polar surface area (TPSA) is 104 Å². The highest BCUT2D eigenvalue weighted by atomic mass is 19.1. The summed E-state index contributed by atoms with van der Waals surface area (Å²) in [7, 11) is 2.01. The Bertz CT molecular complexity index is 1490. The van der Waals surface area contributed by atoms with Gasteiger partial charge in [0.15, 0.2) is 0 Å². The van der Waals surface area contributed by atoms with E-state index in [1.54, 1.807) is 4.90 Å². The molecule has 9 heteroatoms. The van der Waals surface area contributed by atoms with Gasteiger partial charge in [-0.2, -0.15) is 0 Å². The van der Waals surface area contributed by atoms with Gasteiger partial charge in [-0.25, -0.2) is 9.18 Å². The van der Waals surface area contributed by atoms with Gasteiger partial charge in [-0.15, -0.1) is 0 Å². The standard InChI is InChI=1S/C33H39FN4O4/c1-3-4-5-17-37(2)20-25(39)21-41-26-11-6-22(7-12-26)32-31-28(29-19-24(35)10-15-30(29)36-31)16-18-38(32)33(40)42-27-13-8-23(34)9-14-27/h6-15,19,25,32,36,39H,3-5,16-18,20-21,35H2,1-2H3. The summed E-state index contributed by atoms with van der Waals surface area (Å²) >= 11 is 0. The number of halogens is 1. The van der Waals surface area contributed by atoms with Gasteiger partial charge in [0.25, 0.3) is 0 Å². The van der Waals surface area contributed by atoms with Crippen LogP contribution in [0.5, 0.6) is 11.5 Å². The zero-order valence-corrected chi connectivity index (χ0v) is 24.2. The van der Waals surface area contributed by atoms with E-state index in [1.807, 2.05) is 49.5 Å². The van der Waals surface area contributed by atoms with E-state index in [-0.39, 0.29) is 12.4 Å². The minimum absolute atomic E-state index is 0.185. The third-order valence-electron chi connectivity index (χ3n) is 7.71. The Hall–Kier alpha value is -4.08. The summed E-state index contributed by atoms with van der Waals surface area (Å²) < 4.78 is 25.0. The number of amides is 1. The van der Waals surface area contributed by atoms with Gasteiger partial charge >= 0.3 is 6.09 Å². The van der Waals surface area contributed by atoms with Gasteiger partial charge in [-0.1, -0.05) is 31.9 Å². The van der Waals surface area contributed by atoms with E-state index in [1.165, 1.54) is 37.1 Å². The molecule has 4 aromatic rings. The van der Waals surface area contributed by atoms with Gasteiger partial charge in [-0.3, -0.25) is 4.90 Å². The second-order valence-electron chi connectivity index (χ2n) is 11.0. The number of unbranched alkanes of at least 4 members (excludes halogenated alkanes) is 2. The van der Waals surface area contributed by atoms with Crippen LogP contribution in [-0.2, 0) is 6.42 Å². The van der Waals surface area contributed by atoms with Gasteiger partial charge < -0.3 is 30.2 Å². The molecule has 3 aromatic carbocycles. The van der Waals surface area contributed by atoms with Gasteiger partial charge in [0.05, 0.1) is 0 Å². The van der Waals surface area contributed by atoms with E-state index in [4.69, 9.17) is 15.2 Å². The number of anilines is 1. The van der Waals surface area contributed by atoms with Crippen LogP contribution in [0.15, 0.2) is 66.7 Å². The third kappa shape index (κ3) is 6.86. The minimum atomic E-state index is -0.604. The Kier molecular flexibility index (Phi) is 9.29. The van der Waals surface area contributed by atoms with Crippen LogP contribution < -0.4 is 15.2 Å². The molecule has 0 saturated heterocycles. The van der Waals surface area contributed by atoms with Crippen LogP contribution in [0.2, 0.25) is 0 Å². The van der Waals surface area contributed by atoms with E-state index in [2.05, 4.69) is 16.8 Å². The fraction of sp³-hybridized carbons (Fsp3) is 0.364. The zero-order chi connectivity index (χ0) is 29.6. The Labute approximate surface area is 245 Å². The average Bonchev–Trinajstić information content (AvgIpc) is 3.35. The number of benzene rings is 3. The Balaban J connectivity index is 1.35. The van der Waals surface area contributed by atoms with Crippen molar-refractivity contribution in [2.45, 2.75) is 44.8 Å². The molecule has 0 saturated carbocycles. The molecule has 42 heavy (non-hydrogen) atoms. The number of likely N-dealkylation sites (N-methyl/N-ethyl adjacent to an activating group) is 1. The number of aliphatic hydroxyl groups excluding tert-OH is 1. The number of aliphatic hydroxyl groups is 1. The van der Waals surface area contributed by atoms with Gasteiger partial charge in [-0.05, 0) is 92.2 Å². The normalized spacial score (nSPS) is 15.5. The molecule has 0 aliphatic carbocycles. The number of hydrogen-bond acceptors (Lipinski definition) is 6. The molecule has 0 spiro atoms. The number of aromatic amines is 1. The van der Waals surface area contributed by atoms with E-state index in [0.29, 0.717) is 30.9 Å². The molecular weight excluding hydrogens is 535 g/mol. The van der Waals surface area contributed by atoms with Crippen molar-refractivity contribution < 1.29 is 23.8 Å². The number of H-pyrrole nitrogens is 1. The van der Waals surface area contributed by atoms with Crippen molar-refractivity contribution in [3.63, 3.8) is 0 Å². The van der Waals surface area contributed by atoms with E-state index in [9.17, 15) is 14.3 Å². The molecule has 8 nitrogen and oxygen atoms in total. The lowest BCUT2D eigenvalue weighted by atomic mass is 9.92. The van der Waals surface area contributed by atoms with Crippen LogP contribution >= 0.6 is 0 Å². The highest BCUT2D eigenvalue weighted by molar-refractivity contribution is 5.88. The molecule has 1 aliphatic rings. The largest absolute Gasteiger partial charge is 0.491 e. The fourth-order valence-corrected chi connectivity index (χ4v) is 5.59. The summed E-state index contributed by atoms with van der Waals surface area (Å²) in [5.41, 5.74) is 10.6. The monoisotopic (exact) mass is 574 g/mol. The first-order chi connectivity index (χ1) is 20.3. The average molecular weight is 575 g/mol. The van der Waals surface area contributed by atoms with Gasteiger partial charge in [0, 0.05) is 35.4 Å². The highest BCUT2D eigenvalue weighted by Crippen LogP contribution is 2.39. The molecule has 0 bridgehead atoms. The summed E-state index contributed by atoms with van der Waals surface area (Å²) in [4.78, 5) is 20.8. The van der Waals surface area contributed by atoms with Crippen LogP contribution in [0, 0.1) is 5.82 Å². The minimum Gasteiger partial charge on any atom is -0.491 e. The number of aromatic nitrogens is 1. The number of nitrogen functional groups attached to an aromatic ring is 1. The molecule has 1 aliphatic heterocycles. The lowest BCUT2D eigenvalue weighted by Gasteiger charge is -2.35. The van der Waals surface area contributed by atoms with Crippen molar-refractivity contribution in [1.82, 2.24) is 14.8 Å². The first-order valence-corrected chi connectivity index (χ1v) is 14.6. The lowest BCUT2D eigenvalue weighted by Crippen LogP contribution is -2.42. The molecule has 1 aromatic heterocycles. The van der Waals surface area contributed by atoms with Crippen molar-refractivity contribution in [2.75, 3.05) is 39.0 Å². The summed E-state index contributed by atoms with van der Waals surface area (Å²) in [6.45, 7) is 4.28. The molecule has 2 unspecified atom stereocenters. The van der Waals surface area contributed by atoms with Crippen molar-refractivity contribution in [3.8, 4) is 11.5 Å².